The van der Waals surface area contributed by atoms with Crippen LogP contribution in [-0.2, 0) is 0 Å². The molecule has 0 fully saturated rings. The minimum atomic E-state index is -0.150. The molecule has 32 heavy (non-hydrogen) atoms. The van der Waals surface area contributed by atoms with Gasteiger partial charge in [-0.3, -0.25) is 4.79 Å². The summed E-state index contributed by atoms with van der Waals surface area (Å²) in [6.45, 7) is 0. The molecule has 2 heterocycles. The zero-order valence-corrected chi connectivity index (χ0v) is 17.5. The predicted octanol–water partition coefficient (Wildman–Crippen LogP) is 4.06. The lowest BCUT2D eigenvalue weighted by Gasteiger charge is -2.11. The molecule has 0 radical (unpaired) electrons. The van der Waals surface area contributed by atoms with E-state index < -0.39 is 0 Å². The van der Waals surface area contributed by atoms with Gasteiger partial charge < -0.3 is 15.4 Å². The second-order valence-corrected chi connectivity index (χ2v) is 7.17. The molecule has 158 valence electrons. The summed E-state index contributed by atoms with van der Waals surface area (Å²) in [4.78, 5) is 12.0. The summed E-state index contributed by atoms with van der Waals surface area (Å²) < 4.78 is 6.99. The van der Waals surface area contributed by atoms with E-state index in [4.69, 9.17) is 9.84 Å². The van der Waals surface area contributed by atoms with E-state index >= 15 is 0 Å². The van der Waals surface area contributed by atoms with Gasteiger partial charge in [0.15, 0.2) is 17.3 Å². The first-order chi connectivity index (χ1) is 15.7. The Morgan fingerprint density at radius 1 is 0.938 bits per heavy atom. The van der Waals surface area contributed by atoms with E-state index in [2.05, 4.69) is 20.8 Å². The van der Waals surface area contributed by atoms with Crippen LogP contribution in [0, 0.1) is 0 Å². The number of nitrogens with zero attached hydrogens (tertiary/aromatic N) is 4. The summed E-state index contributed by atoms with van der Waals surface area (Å²) in [6.07, 6.45) is 0. The molecule has 5 rings (SSSR count). The highest BCUT2D eigenvalue weighted by Gasteiger charge is 2.16. The Hall–Kier alpha value is -4.46. The van der Waals surface area contributed by atoms with Crippen molar-refractivity contribution in [2.75, 3.05) is 19.5 Å². The number of hydrogen-bond acceptors (Lipinski definition) is 6. The molecule has 2 aromatic heterocycles. The number of amides is 1. The number of aromatic nitrogens is 4. The maximum atomic E-state index is 12.0. The highest BCUT2D eigenvalue weighted by molar-refractivity contribution is 6.01. The fourth-order valence-corrected chi connectivity index (χ4v) is 3.61. The van der Waals surface area contributed by atoms with Crippen LogP contribution in [0.5, 0.6) is 5.75 Å². The van der Waals surface area contributed by atoms with Crippen LogP contribution in [0.1, 0.15) is 10.4 Å². The van der Waals surface area contributed by atoms with Crippen LogP contribution in [0.15, 0.2) is 72.8 Å². The topological polar surface area (TPSA) is 93.4 Å². The minimum absolute atomic E-state index is 0.150. The minimum Gasteiger partial charge on any atom is -0.497 e. The zero-order valence-electron chi connectivity index (χ0n) is 17.5. The first-order valence-electron chi connectivity index (χ1n) is 10.1. The quantitative estimate of drug-likeness (QED) is 0.442. The lowest BCUT2D eigenvalue weighted by Crippen LogP contribution is -2.17. The van der Waals surface area contributed by atoms with Crippen molar-refractivity contribution in [1.82, 2.24) is 25.1 Å². The van der Waals surface area contributed by atoms with Crippen LogP contribution in [-0.4, -0.2) is 39.9 Å². The Balaban J connectivity index is 1.65. The third-order valence-electron chi connectivity index (χ3n) is 5.23. The maximum Gasteiger partial charge on any atom is 0.251 e. The summed E-state index contributed by atoms with van der Waals surface area (Å²) in [7, 11) is 3.24. The van der Waals surface area contributed by atoms with E-state index in [9.17, 15) is 4.79 Å². The Bertz CT molecular complexity index is 1440. The van der Waals surface area contributed by atoms with Gasteiger partial charge in [0.2, 0.25) is 0 Å². The second-order valence-electron chi connectivity index (χ2n) is 7.17. The van der Waals surface area contributed by atoms with E-state index in [0.29, 0.717) is 22.9 Å². The highest BCUT2D eigenvalue weighted by Crippen LogP contribution is 2.30. The monoisotopic (exact) mass is 424 g/mol. The average Bonchev–Trinajstić information content (AvgIpc) is 3.28. The van der Waals surface area contributed by atoms with Gasteiger partial charge in [0.1, 0.15) is 5.75 Å². The van der Waals surface area contributed by atoms with Gasteiger partial charge in [0.05, 0.1) is 7.11 Å². The maximum absolute atomic E-state index is 12.0. The number of methoxy groups -OCH3 is 1. The number of carbonyl (C=O) groups excluding carboxylic acids is 1. The van der Waals surface area contributed by atoms with Crippen LogP contribution in [0.25, 0.3) is 27.8 Å². The molecular weight excluding hydrogens is 404 g/mol. The molecule has 0 unspecified atom stereocenters. The predicted molar refractivity (Wildman–Crippen MR) is 123 cm³/mol. The van der Waals surface area contributed by atoms with Crippen molar-refractivity contribution in [3.63, 3.8) is 0 Å². The van der Waals surface area contributed by atoms with Crippen molar-refractivity contribution in [3.05, 3.63) is 78.4 Å². The molecule has 8 nitrogen and oxygen atoms in total. The number of carbonyl (C=O) groups is 1. The molecule has 1 amide bonds. The number of benzene rings is 3. The molecule has 0 aliphatic heterocycles. The SMILES string of the molecule is CNC(=O)c1cccc(Nc2nn3c(-c4ccc(OC)cc4)nnc3c3ccccc23)c1. The van der Waals surface area contributed by atoms with E-state index in [-0.39, 0.29) is 5.91 Å². The molecule has 0 atom stereocenters. The van der Waals surface area contributed by atoms with Crippen molar-refractivity contribution in [1.29, 1.82) is 0 Å². The van der Waals surface area contributed by atoms with Crippen molar-refractivity contribution in [3.8, 4) is 17.1 Å². The van der Waals surface area contributed by atoms with Crippen molar-refractivity contribution in [2.45, 2.75) is 0 Å². The van der Waals surface area contributed by atoms with Crippen LogP contribution in [0.3, 0.4) is 0 Å². The zero-order chi connectivity index (χ0) is 22.1. The molecule has 0 spiro atoms. The van der Waals surface area contributed by atoms with Crippen molar-refractivity contribution >= 4 is 33.8 Å². The van der Waals surface area contributed by atoms with Crippen LogP contribution >= 0.6 is 0 Å². The molecule has 3 aromatic carbocycles. The van der Waals surface area contributed by atoms with Crippen LogP contribution < -0.4 is 15.4 Å². The van der Waals surface area contributed by atoms with Crippen molar-refractivity contribution < 1.29 is 9.53 Å². The molecule has 0 aliphatic rings. The van der Waals surface area contributed by atoms with Gasteiger partial charge in [-0.25, -0.2) is 0 Å². The molecular formula is C24H20N6O2. The van der Waals surface area contributed by atoms with Crippen LogP contribution in [0.4, 0.5) is 11.5 Å². The average molecular weight is 424 g/mol. The van der Waals surface area contributed by atoms with Gasteiger partial charge in [-0.1, -0.05) is 30.3 Å². The van der Waals surface area contributed by atoms with Gasteiger partial charge >= 0.3 is 0 Å². The van der Waals surface area contributed by atoms with Gasteiger partial charge in [0, 0.05) is 34.6 Å². The normalized spacial score (nSPS) is 10.9. The van der Waals surface area contributed by atoms with Gasteiger partial charge in [-0.15, -0.1) is 15.3 Å². The number of hydrogen-bond donors (Lipinski definition) is 2. The number of rotatable bonds is 5. The number of anilines is 2. The summed E-state index contributed by atoms with van der Waals surface area (Å²) in [5.74, 6) is 1.87. The number of nitrogens with one attached hydrogen (secondary N) is 2. The Morgan fingerprint density at radius 2 is 1.72 bits per heavy atom. The molecule has 0 bridgehead atoms. The van der Waals surface area contributed by atoms with Gasteiger partial charge in [-0.05, 0) is 42.5 Å². The van der Waals surface area contributed by atoms with Crippen molar-refractivity contribution in [2.24, 2.45) is 0 Å². The first kappa shape index (κ1) is 19.5. The lowest BCUT2D eigenvalue weighted by molar-refractivity contribution is 0.0963. The molecule has 8 heteroatoms. The van der Waals surface area contributed by atoms with E-state index in [1.165, 1.54) is 0 Å². The summed E-state index contributed by atoms with van der Waals surface area (Å²) in [5.41, 5.74) is 2.85. The Labute approximate surface area is 183 Å². The smallest absolute Gasteiger partial charge is 0.251 e. The fourth-order valence-electron chi connectivity index (χ4n) is 3.61. The standard InChI is InChI=1S/C24H20N6O2/c1-25-24(31)16-6-5-7-17(14-16)26-21-19-8-3-4-9-20(19)23-28-27-22(30(23)29-21)15-10-12-18(32-2)13-11-15/h3-14H,1-2H3,(H,25,31)(H,26,29). The van der Waals surface area contributed by atoms with E-state index in [0.717, 1.165) is 27.8 Å². The molecule has 0 aliphatic carbocycles. The summed E-state index contributed by atoms with van der Waals surface area (Å²) in [6, 6.07) is 22.8. The Kier molecular flexibility index (Phi) is 4.87. The molecule has 5 aromatic rings. The fraction of sp³-hybridized carbons (Fsp3) is 0.0833. The van der Waals surface area contributed by atoms with Gasteiger partial charge in [0.25, 0.3) is 5.91 Å². The van der Waals surface area contributed by atoms with E-state index in [1.54, 1.807) is 30.8 Å². The third-order valence-corrected chi connectivity index (χ3v) is 5.23. The largest absolute Gasteiger partial charge is 0.497 e. The molecule has 0 saturated heterocycles. The van der Waals surface area contributed by atoms with Gasteiger partial charge in [-0.2, -0.15) is 4.52 Å². The van der Waals surface area contributed by atoms with E-state index in [1.807, 2.05) is 60.7 Å². The summed E-state index contributed by atoms with van der Waals surface area (Å²) >= 11 is 0. The molecule has 0 saturated carbocycles. The number of ether oxygens (including phenoxy) is 1. The summed E-state index contributed by atoms with van der Waals surface area (Å²) in [5, 5.41) is 21.4. The lowest BCUT2D eigenvalue weighted by atomic mass is 10.1. The second kappa shape index (κ2) is 7.99. The third kappa shape index (κ3) is 3.37. The molecule has 2 N–H and O–H groups in total. The first-order valence-corrected chi connectivity index (χ1v) is 10.1. The highest BCUT2D eigenvalue weighted by atomic mass is 16.5. The Morgan fingerprint density at radius 3 is 2.47 bits per heavy atom. The number of fused-ring (bicyclic) bond motifs is 3. The van der Waals surface area contributed by atoms with Crippen LogP contribution in [0.2, 0.25) is 0 Å².